The van der Waals surface area contributed by atoms with Crippen molar-refractivity contribution in [3.8, 4) is 0 Å². The lowest BCUT2D eigenvalue weighted by molar-refractivity contribution is -0.113. The molecule has 0 heterocycles. The zero-order valence-corrected chi connectivity index (χ0v) is 11.9. The minimum Gasteiger partial charge on any atom is -0.276 e. The first kappa shape index (κ1) is 14.6. The summed E-state index contributed by atoms with van der Waals surface area (Å²) in [5.74, 6) is 0. The maximum Gasteiger partial charge on any atom is 0.258 e. The van der Waals surface area contributed by atoms with E-state index in [1.54, 1.807) is 0 Å². The Morgan fingerprint density at radius 3 is 2.35 bits per heavy atom. The average molecular weight is 312 g/mol. The van der Waals surface area contributed by atoms with Crippen LogP contribution >= 0.6 is 46.8 Å². The molecule has 0 fully saturated rings. The predicted molar refractivity (Wildman–Crippen MR) is 74.6 cm³/mol. The summed E-state index contributed by atoms with van der Waals surface area (Å²) in [6.45, 7) is 1.98. The van der Waals surface area contributed by atoms with Gasteiger partial charge in [-0.3, -0.25) is 4.79 Å². The van der Waals surface area contributed by atoms with Crippen molar-refractivity contribution in [2.75, 3.05) is 0 Å². The van der Waals surface area contributed by atoms with E-state index in [4.69, 9.17) is 34.8 Å². The summed E-state index contributed by atoms with van der Waals surface area (Å²) in [4.78, 5) is 10.7. The Balaban J connectivity index is 2.68. The van der Waals surface area contributed by atoms with E-state index >= 15 is 0 Å². The van der Waals surface area contributed by atoms with Crippen LogP contribution in [0.1, 0.15) is 11.1 Å². The van der Waals surface area contributed by atoms with Crippen LogP contribution in [0.4, 0.5) is 0 Å². The monoisotopic (exact) mass is 310 g/mol. The van der Waals surface area contributed by atoms with Crippen molar-refractivity contribution < 1.29 is 4.79 Å². The Morgan fingerprint density at radius 2 is 1.88 bits per heavy atom. The van der Waals surface area contributed by atoms with Crippen molar-refractivity contribution in [1.82, 2.24) is 4.41 Å². The summed E-state index contributed by atoms with van der Waals surface area (Å²) < 4.78 is -0.668. The first-order valence-corrected chi connectivity index (χ1v) is 6.42. The molecule has 7 heteroatoms. The van der Waals surface area contributed by atoms with Crippen LogP contribution < -0.4 is 0 Å². The molecule has 1 amide bonds. The molecule has 0 aliphatic carbocycles. The fourth-order valence-corrected chi connectivity index (χ4v) is 1.94. The van der Waals surface area contributed by atoms with E-state index in [9.17, 15) is 4.79 Å². The molecule has 17 heavy (non-hydrogen) atoms. The molecule has 0 aliphatic rings. The zero-order valence-electron chi connectivity index (χ0n) is 8.81. The molecule has 0 bridgehead atoms. The lowest BCUT2D eigenvalue weighted by Gasteiger charge is -2.14. The highest BCUT2D eigenvalue weighted by atomic mass is 35.6. The highest BCUT2D eigenvalue weighted by Crippen LogP contribution is 2.40. The van der Waals surface area contributed by atoms with E-state index in [1.807, 2.05) is 31.2 Å². The van der Waals surface area contributed by atoms with Gasteiger partial charge in [0.1, 0.15) is 0 Å². The lowest BCUT2D eigenvalue weighted by Crippen LogP contribution is -2.12. The van der Waals surface area contributed by atoms with E-state index in [-0.39, 0.29) is 0 Å². The van der Waals surface area contributed by atoms with Gasteiger partial charge in [0, 0.05) is 11.9 Å². The molecule has 0 radical (unpaired) electrons. The number of carbonyl (C=O) groups is 1. The van der Waals surface area contributed by atoms with Crippen molar-refractivity contribution in [2.45, 2.75) is 10.0 Å². The Labute approximate surface area is 119 Å². The van der Waals surface area contributed by atoms with Crippen LogP contribution in [0, 0.1) is 6.92 Å². The molecule has 1 aromatic rings. The van der Waals surface area contributed by atoms with Gasteiger partial charge in [-0.05, 0) is 12.5 Å². The number of hydrogen-bond acceptors (Lipinski definition) is 3. The molecule has 0 spiro atoms. The van der Waals surface area contributed by atoms with Crippen molar-refractivity contribution in [3.63, 3.8) is 0 Å². The second-order valence-corrected chi connectivity index (χ2v) is 7.22. The van der Waals surface area contributed by atoms with Gasteiger partial charge in [-0.15, -0.1) is 0 Å². The van der Waals surface area contributed by atoms with Gasteiger partial charge in [0.2, 0.25) is 6.41 Å². The lowest BCUT2D eigenvalue weighted by atomic mass is 10.2. The predicted octanol–water partition coefficient (Wildman–Crippen LogP) is 3.76. The van der Waals surface area contributed by atoms with Gasteiger partial charge in [0.15, 0.2) is 0 Å². The number of aryl methyl sites for hydroxylation is 1. The van der Waals surface area contributed by atoms with E-state index in [0.29, 0.717) is 18.4 Å². The number of rotatable bonds is 4. The van der Waals surface area contributed by atoms with Gasteiger partial charge in [0.25, 0.3) is 3.12 Å². The average Bonchev–Trinajstić information content (AvgIpc) is 2.25. The maximum absolute atomic E-state index is 10.7. The quantitative estimate of drug-likeness (QED) is 0.279. The number of alkyl halides is 3. The molecule has 92 valence electrons. The number of hydrazone groups is 1. The molecule has 0 saturated carbocycles. The third kappa shape index (κ3) is 6.17. The van der Waals surface area contributed by atoms with Crippen LogP contribution in [0.15, 0.2) is 29.4 Å². The normalized spacial score (nSPS) is 11.8. The van der Waals surface area contributed by atoms with E-state index in [0.717, 1.165) is 15.5 Å². The molecule has 0 N–H and O–H groups in total. The Bertz CT molecular complexity index is 403. The van der Waals surface area contributed by atoms with Gasteiger partial charge in [-0.25, -0.2) is 0 Å². The number of amides is 1. The SMILES string of the molecule is Cc1ccc(C=NN(C=O)SC(Cl)(Cl)Cl)cc1. The summed E-state index contributed by atoms with van der Waals surface area (Å²) in [5, 5.41) is 3.88. The van der Waals surface area contributed by atoms with Crippen LogP contribution in [0.2, 0.25) is 0 Å². The second-order valence-electron chi connectivity index (χ2n) is 3.10. The molecule has 1 rings (SSSR count). The highest BCUT2D eigenvalue weighted by Gasteiger charge is 2.24. The molecule has 0 atom stereocenters. The van der Waals surface area contributed by atoms with Crippen molar-refractivity contribution >= 4 is 59.4 Å². The molecule has 0 aromatic heterocycles. The summed E-state index contributed by atoms with van der Waals surface area (Å²) in [6, 6.07) is 7.63. The smallest absolute Gasteiger partial charge is 0.258 e. The first-order valence-electron chi connectivity index (χ1n) is 4.52. The molecular weight excluding hydrogens is 303 g/mol. The summed E-state index contributed by atoms with van der Waals surface area (Å²) in [7, 11) is 0. The summed E-state index contributed by atoms with van der Waals surface area (Å²) in [6.07, 6.45) is 1.98. The van der Waals surface area contributed by atoms with E-state index in [2.05, 4.69) is 5.10 Å². The van der Waals surface area contributed by atoms with Crippen LogP contribution in [-0.4, -0.2) is 20.2 Å². The fourth-order valence-electron chi connectivity index (χ4n) is 0.954. The van der Waals surface area contributed by atoms with Crippen molar-refractivity contribution in [3.05, 3.63) is 35.4 Å². The number of halogens is 3. The van der Waals surface area contributed by atoms with E-state index < -0.39 is 3.12 Å². The number of hydrogen-bond donors (Lipinski definition) is 0. The Morgan fingerprint density at radius 1 is 1.29 bits per heavy atom. The maximum atomic E-state index is 10.7. The number of benzene rings is 1. The molecule has 1 aromatic carbocycles. The number of nitrogens with zero attached hydrogens (tertiary/aromatic N) is 2. The molecule has 0 aliphatic heterocycles. The van der Waals surface area contributed by atoms with Crippen molar-refractivity contribution in [1.29, 1.82) is 0 Å². The van der Waals surface area contributed by atoms with E-state index in [1.165, 1.54) is 6.21 Å². The Hall–Kier alpha value is -0.420. The minimum absolute atomic E-state index is 0.469. The highest BCUT2D eigenvalue weighted by molar-refractivity contribution is 8.02. The fraction of sp³-hybridized carbons (Fsp3) is 0.200. The third-order valence-corrected chi connectivity index (χ3v) is 2.88. The first-order chi connectivity index (χ1) is 7.90. The van der Waals surface area contributed by atoms with Gasteiger partial charge in [0.05, 0.1) is 6.21 Å². The topological polar surface area (TPSA) is 32.7 Å². The summed E-state index contributed by atoms with van der Waals surface area (Å²) in [5.41, 5.74) is 2.00. The molecule has 0 saturated heterocycles. The van der Waals surface area contributed by atoms with Gasteiger partial charge >= 0.3 is 0 Å². The van der Waals surface area contributed by atoms with Crippen LogP contribution in [0.25, 0.3) is 0 Å². The number of carbonyl (C=O) groups excluding carboxylic acids is 1. The third-order valence-electron chi connectivity index (χ3n) is 1.69. The second kappa shape index (κ2) is 6.50. The summed E-state index contributed by atoms with van der Waals surface area (Å²) >= 11 is 17.3. The minimum atomic E-state index is -1.62. The zero-order chi connectivity index (χ0) is 12.9. The Kier molecular flexibility index (Phi) is 5.59. The van der Waals surface area contributed by atoms with Crippen LogP contribution in [0.3, 0.4) is 0 Å². The molecular formula is C10H9Cl3N2OS. The standard InChI is InChI=1S/C10H9Cl3N2OS/c1-8-2-4-9(5-3-8)6-14-15(7-16)17-10(11,12)13/h2-7H,1H3. The van der Waals surface area contributed by atoms with Crippen LogP contribution in [-0.2, 0) is 4.79 Å². The van der Waals surface area contributed by atoms with Gasteiger partial charge < -0.3 is 0 Å². The van der Waals surface area contributed by atoms with Gasteiger partial charge in [-0.1, -0.05) is 64.6 Å². The largest absolute Gasteiger partial charge is 0.276 e. The van der Waals surface area contributed by atoms with Crippen molar-refractivity contribution in [2.24, 2.45) is 5.10 Å². The molecule has 0 unspecified atom stereocenters. The van der Waals surface area contributed by atoms with Gasteiger partial charge in [-0.2, -0.15) is 9.52 Å². The van der Waals surface area contributed by atoms with Crippen LogP contribution in [0.5, 0.6) is 0 Å². The molecule has 3 nitrogen and oxygen atoms in total.